The van der Waals surface area contributed by atoms with Crippen LogP contribution in [0.5, 0.6) is 11.5 Å². The highest BCUT2D eigenvalue weighted by Gasteiger charge is 2.41. The number of rotatable bonds is 13. The second-order valence-electron chi connectivity index (χ2n) is 15.9. The van der Waals surface area contributed by atoms with Crippen LogP contribution in [-0.4, -0.2) is 72.3 Å². The van der Waals surface area contributed by atoms with Gasteiger partial charge in [-0.1, -0.05) is 104 Å². The first-order valence-electron chi connectivity index (χ1n) is 20.7. The maximum absolute atomic E-state index is 13.3. The summed E-state index contributed by atoms with van der Waals surface area (Å²) in [5.41, 5.74) is 8.68. The van der Waals surface area contributed by atoms with Crippen molar-refractivity contribution in [3.8, 4) is 22.6 Å². The molecule has 0 bridgehead atoms. The molecule has 2 fully saturated rings. The zero-order valence-electron chi connectivity index (χ0n) is 34.6. The Bertz CT molecular complexity index is 2340. The Hall–Kier alpha value is -6.05. The van der Waals surface area contributed by atoms with E-state index in [4.69, 9.17) is 23.7 Å². The van der Waals surface area contributed by atoms with E-state index in [2.05, 4.69) is 29.3 Å². The lowest BCUT2D eigenvalue weighted by atomic mass is 9.89. The van der Waals surface area contributed by atoms with E-state index >= 15 is 0 Å². The number of hydrogen-bond acceptors (Lipinski definition) is 10. The normalized spacial score (nSPS) is 21.5. The molecule has 0 spiro atoms. The molecule has 0 radical (unpaired) electrons. The van der Waals surface area contributed by atoms with Crippen LogP contribution in [0, 0.1) is 5.92 Å². The van der Waals surface area contributed by atoms with Crippen LogP contribution in [-0.2, 0) is 56.5 Å². The lowest BCUT2D eigenvalue weighted by Crippen LogP contribution is -2.45. The summed E-state index contributed by atoms with van der Waals surface area (Å²) < 4.78 is 30.0. The Kier molecular flexibility index (Phi) is 12.8. The van der Waals surface area contributed by atoms with Gasteiger partial charge in [-0.25, -0.2) is 4.79 Å². The molecule has 5 aromatic rings. The monoisotopic (exact) mass is 825 g/mol. The van der Waals surface area contributed by atoms with Crippen LogP contribution in [0.3, 0.4) is 0 Å². The Labute approximate surface area is 355 Å². The highest BCUT2D eigenvalue weighted by atomic mass is 16.7. The van der Waals surface area contributed by atoms with Crippen LogP contribution in [0.25, 0.3) is 11.1 Å². The van der Waals surface area contributed by atoms with Gasteiger partial charge in [-0.2, -0.15) is 0 Å². The first-order chi connectivity index (χ1) is 29.7. The molecule has 3 amide bonds. The SMILES string of the molecule is COc1cc2c(cc1OC)CN(CC1OC(c3ccc(-c4cccc(CN5C(=O)CC(NC(=O)OCc6ccccc6)C5=O)c4)cc3)OC(c3ccc(CO)cc3)C1C)CC2. The summed E-state index contributed by atoms with van der Waals surface area (Å²) in [7, 11) is 3.32. The van der Waals surface area contributed by atoms with Gasteiger partial charge in [-0.05, 0) is 69.1 Å². The summed E-state index contributed by atoms with van der Waals surface area (Å²) in [6.45, 7) is 4.64. The highest BCUT2D eigenvalue weighted by Crippen LogP contribution is 2.43. The van der Waals surface area contributed by atoms with Crippen molar-refractivity contribution in [3.05, 3.63) is 154 Å². The quantitative estimate of drug-likeness (QED) is 0.117. The van der Waals surface area contributed by atoms with E-state index in [0.29, 0.717) is 6.54 Å². The number of nitrogens with zero attached hydrogens (tertiary/aromatic N) is 2. The van der Waals surface area contributed by atoms with Gasteiger partial charge in [0.2, 0.25) is 5.91 Å². The van der Waals surface area contributed by atoms with Gasteiger partial charge in [-0.3, -0.25) is 19.4 Å². The zero-order chi connectivity index (χ0) is 42.5. The summed E-state index contributed by atoms with van der Waals surface area (Å²) in [4.78, 5) is 42.3. The van der Waals surface area contributed by atoms with E-state index in [9.17, 15) is 19.5 Å². The first-order valence-corrected chi connectivity index (χ1v) is 20.7. The van der Waals surface area contributed by atoms with E-state index in [0.717, 1.165) is 70.0 Å². The minimum atomic E-state index is -0.983. The van der Waals surface area contributed by atoms with E-state index < -0.39 is 24.3 Å². The van der Waals surface area contributed by atoms with Crippen molar-refractivity contribution in [2.75, 3.05) is 27.3 Å². The van der Waals surface area contributed by atoms with E-state index in [1.807, 2.05) is 103 Å². The number of carbonyl (C=O) groups excluding carboxylic acids is 3. The Morgan fingerprint density at radius 2 is 1.49 bits per heavy atom. The number of alkyl carbamates (subject to hydrolysis) is 1. The van der Waals surface area contributed by atoms with Crippen molar-refractivity contribution < 1.29 is 43.2 Å². The maximum Gasteiger partial charge on any atom is 0.408 e. The van der Waals surface area contributed by atoms with Crippen molar-refractivity contribution in [2.45, 2.75) is 70.6 Å². The second kappa shape index (κ2) is 18.7. The largest absolute Gasteiger partial charge is 0.493 e. The lowest BCUT2D eigenvalue weighted by molar-refractivity contribution is -0.276. The molecule has 3 aliphatic rings. The third kappa shape index (κ3) is 9.48. The number of methoxy groups -OCH3 is 2. The van der Waals surface area contributed by atoms with Gasteiger partial charge < -0.3 is 34.1 Å². The number of aliphatic hydroxyl groups excluding tert-OH is 1. The molecule has 61 heavy (non-hydrogen) atoms. The second-order valence-corrected chi connectivity index (χ2v) is 15.9. The van der Waals surface area contributed by atoms with Gasteiger partial charge in [0.05, 0.1) is 46.0 Å². The molecule has 2 saturated heterocycles. The molecule has 0 aliphatic carbocycles. The molecule has 5 unspecified atom stereocenters. The number of imide groups is 1. The number of likely N-dealkylation sites (tertiary alicyclic amines) is 1. The van der Waals surface area contributed by atoms with Crippen molar-refractivity contribution in [2.24, 2.45) is 5.92 Å². The highest BCUT2D eigenvalue weighted by molar-refractivity contribution is 6.06. The number of amides is 3. The summed E-state index contributed by atoms with van der Waals surface area (Å²) in [5, 5.41) is 12.3. The number of ether oxygens (including phenoxy) is 5. The number of aliphatic hydroxyl groups is 1. The lowest BCUT2D eigenvalue weighted by Gasteiger charge is -2.43. The molecule has 12 heteroatoms. The van der Waals surface area contributed by atoms with E-state index in [1.165, 1.54) is 16.0 Å². The molecule has 12 nitrogen and oxygen atoms in total. The average molecular weight is 826 g/mol. The van der Waals surface area contributed by atoms with Gasteiger partial charge in [0.25, 0.3) is 5.91 Å². The fraction of sp³-hybridized carbons (Fsp3) is 0.327. The van der Waals surface area contributed by atoms with E-state index in [-0.39, 0.29) is 50.2 Å². The Morgan fingerprint density at radius 3 is 2.21 bits per heavy atom. The van der Waals surface area contributed by atoms with E-state index in [1.54, 1.807) is 14.2 Å². The summed E-state index contributed by atoms with van der Waals surface area (Å²) in [6, 6.07) is 36.1. The number of nitrogens with one attached hydrogen (secondary N) is 1. The molecule has 0 aromatic heterocycles. The summed E-state index contributed by atoms with van der Waals surface area (Å²) >= 11 is 0. The number of fused-ring (bicyclic) bond motifs is 1. The Balaban J connectivity index is 0.946. The number of benzene rings is 5. The van der Waals surface area contributed by atoms with Crippen LogP contribution in [0.4, 0.5) is 4.79 Å². The van der Waals surface area contributed by atoms with Crippen LogP contribution in [0.1, 0.15) is 64.7 Å². The van der Waals surface area contributed by atoms with Gasteiger partial charge in [0.15, 0.2) is 17.8 Å². The minimum Gasteiger partial charge on any atom is -0.493 e. The van der Waals surface area contributed by atoms with Crippen LogP contribution < -0.4 is 14.8 Å². The fourth-order valence-electron chi connectivity index (χ4n) is 8.41. The molecule has 316 valence electrons. The third-order valence-electron chi connectivity index (χ3n) is 11.9. The molecule has 5 atom stereocenters. The predicted molar refractivity (Wildman–Crippen MR) is 227 cm³/mol. The maximum atomic E-state index is 13.3. The van der Waals surface area contributed by atoms with Crippen LogP contribution in [0.2, 0.25) is 0 Å². The third-order valence-corrected chi connectivity index (χ3v) is 11.9. The van der Waals surface area contributed by atoms with Crippen molar-refractivity contribution in [1.29, 1.82) is 0 Å². The molecular weight excluding hydrogens is 775 g/mol. The molecule has 0 saturated carbocycles. The number of hydrogen-bond donors (Lipinski definition) is 2. The zero-order valence-corrected chi connectivity index (χ0v) is 34.6. The Morgan fingerprint density at radius 1 is 0.787 bits per heavy atom. The molecule has 3 aliphatic heterocycles. The summed E-state index contributed by atoms with van der Waals surface area (Å²) in [5.74, 6) is 0.663. The first kappa shape index (κ1) is 41.7. The van der Waals surface area contributed by atoms with Gasteiger partial charge >= 0.3 is 6.09 Å². The van der Waals surface area contributed by atoms with Crippen LogP contribution in [0.15, 0.2) is 115 Å². The minimum absolute atomic E-state index is 0.0268. The fourth-order valence-corrected chi connectivity index (χ4v) is 8.41. The summed E-state index contributed by atoms with van der Waals surface area (Å²) in [6.07, 6.45) is -1.02. The number of carbonyl (C=O) groups is 3. The smallest absolute Gasteiger partial charge is 0.408 e. The molecule has 5 aromatic carbocycles. The van der Waals surface area contributed by atoms with Crippen molar-refractivity contribution in [3.63, 3.8) is 0 Å². The topological polar surface area (TPSA) is 136 Å². The van der Waals surface area contributed by atoms with Gasteiger partial charge in [-0.15, -0.1) is 0 Å². The van der Waals surface area contributed by atoms with Crippen molar-refractivity contribution in [1.82, 2.24) is 15.1 Å². The molecule has 2 N–H and O–H groups in total. The van der Waals surface area contributed by atoms with Gasteiger partial charge in [0.1, 0.15) is 12.6 Å². The molecule has 3 heterocycles. The van der Waals surface area contributed by atoms with Crippen LogP contribution >= 0.6 is 0 Å². The predicted octanol–water partition coefficient (Wildman–Crippen LogP) is 7.27. The molecular formula is C49H51N3O9. The molecule has 8 rings (SSSR count). The van der Waals surface area contributed by atoms with Crippen molar-refractivity contribution >= 4 is 17.9 Å². The standard InChI is InChI=1S/C49H51N3O9/c1-31-44(28-51-21-20-39-23-42(57-2)43(58-3)24-40(39)27-51)60-48(61-46(31)36-14-12-32(29-53)13-15-36)37-18-16-35(17-19-37)38-11-7-10-34(22-38)26-52-45(54)25-41(47(52)55)50-49(56)59-30-33-8-5-4-6-9-33/h4-19,22-24,31,41,44,46,48,53H,20-21,25-30H2,1-3H3,(H,50,56). The average Bonchev–Trinajstić information content (AvgIpc) is 3.55. The van der Waals surface area contributed by atoms with Gasteiger partial charge in [0, 0.05) is 31.1 Å².